The molecule has 0 unspecified atom stereocenters. The number of amides is 4. The Kier molecular flexibility index (Phi) is 18.7. The Morgan fingerprint density at radius 3 is 1.79 bits per heavy atom. The Hall–Kier alpha value is -6.60. The van der Waals surface area contributed by atoms with Crippen molar-refractivity contribution in [2.24, 2.45) is 5.92 Å². The molecule has 2 N–H and O–H groups in total. The molecule has 5 aromatic carbocycles. The van der Waals surface area contributed by atoms with Crippen molar-refractivity contribution in [2.75, 3.05) is 19.4 Å². The van der Waals surface area contributed by atoms with Gasteiger partial charge in [-0.25, -0.2) is 14.4 Å². The summed E-state index contributed by atoms with van der Waals surface area (Å²) >= 11 is 1.59. The lowest BCUT2D eigenvalue weighted by molar-refractivity contribution is -0.149. The van der Waals surface area contributed by atoms with Gasteiger partial charge in [-0.05, 0) is 66.5 Å². The van der Waals surface area contributed by atoms with Crippen LogP contribution in [-0.2, 0) is 52.9 Å². The van der Waals surface area contributed by atoms with Gasteiger partial charge < -0.3 is 29.7 Å². The molecule has 13 heteroatoms. The fourth-order valence-corrected chi connectivity index (χ4v) is 10.5. The number of benzene rings is 5. The van der Waals surface area contributed by atoms with E-state index in [0.717, 1.165) is 39.8 Å². The first-order valence-electron chi connectivity index (χ1n) is 24.2. The van der Waals surface area contributed by atoms with Gasteiger partial charge in [-0.2, -0.15) is 0 Å². The van der Waals surface area contributed by atoms with Crippen LogP contribution in [0, 0.1) is 5.92 Å². The Morgan fingerprint density at radius 2 is 1.27 bits per heavy atom. The van der Waals surface area contributed by atoms with E-state index in [4.69, 9.17) is 14.2 Å². The van der Waals surface area contributed by atoms with Crippen molar-refractivity contribution in [2.45, 2.75) is 115 Å². The maximum Gasteiger partial charge on any atom is 0.410 e. The molecule has 12 nitrogen and oxygen atoms in total. The van der Waals surface area contributed by atoms with Crippen molar-refractivity contribution < 1.29 is 38.2 Å². The molecule has 70 heavy (non-hydrogen) atoms. The number of hydrogen-bond acceptors (Lipinski definition) is 9. The van der Waals surface area contributed by atoms with Gasteiger partial charge in [0.2, 0.25) is 11.8 Å². The number of methoxy groups -OCH3 is 1. The zero-order valence-electron chi connectivity index (χ0n) is 41.5. The molecule has 1 heterocycles. The maximum absolute atomic E-state index is 15.7. The van der Waals surface area contributed by atoms with Gasteiger partial charge in [0.1, 0.15) is 30.3 Å². The lowest BCUT2D eigenvalue weighted by atomic mass is 9.84. The third-order valence-electron chi connectivity index (χ3n) is 12.3. The van der Waals surface area contributed by atoms with E-state index in [-0.39, 0.29) is 31.9 Å². The Morgan fingerprint density at radius 1 is 0.743 bits per heavy atom. The standard InChI is InChI=1S/C57H68N4O8S/c1-8-9-34-48(53(64)67-7)59-51(62)49-35-42-26-22-23-27-43(42)36-60(49)52(63)50(40(2)3)61(55(66)68-38-41-24-14-10-15-25-41)37-47(58-54(65)69-56(4,5)6)39-70-57(44-28-16-11-17-29-44,45-30-18-12-19-31-45)46-32-20-13-21-33-46/h10-33,40,47-50H,8-9,34-39H2,1-7H3,(H,58,65)(H,59,62)/t47-,48+,49+,50+/m1/s1. The van der Waals surface area contributed by atoms with E-state index in [0.29, 0.717) is 12.8 Å². The minimum Gasteiger partial charge on any atom is -0.467 e. The van der Waals surface area contributed by atoms with E-state index >= 15 is 4.79 Å². The van der Waals surface area contributed by atoms with Crippen molar-refractivity contribution in [3.63, 3.8) is 0 Å². The first-order valence-corrected chi connectivity index (χ1v) is 25.2. The van der Waals surface area contributed by atoms with Crippen LogP contribution in [0.1, 0.15) is 94.2 Å². The summed E-state index contributed by atoms with van der Waals surface area (Å²) in [5, 5.41) is 6.02. The SMILES string of the molecule is CCCC[C@H](NC(=O)[C@@H]1Cc2ccccc2CN1C(=O)[C@H](C(C)C)N(C[C@H](CSC(c1ccccc1)(c1ccccc1)c1ccccc1)NC(=O)OC(C)(C)C)C(=O)OCc1ccccc1)C(=O)OC. The number of alkyl carbamates (subject to hydrolysis) is 1. The van der Waals surface area contributed by atoms with Gasteiger partial charge in [-0.15, -0.1) is 11.8 Å². The number of esters is 1. The summed E-state index contributed by atoms with van der Waals surface area (Å²) in [5.74, 6) is -1.85. The van der Waals surface area contributed by atoms with Crippen LogP contribution in [0.3, 0.4) is 0 Å². The van der Waals surface area contributed by atoms with Gasteiger partial charge in [0.05, 0.1) is 17.9 Å². The summed E-state index contributed by atoms with van der Waals surface area (Å²) in [7, 11) is 1.28. The predicted octanol–water partition coefficient (Wildman–Crippen LogP) is 10.1. The van der Waals surface area contributed by atoms with Gasteiger partial charge in [0.15, 0.2) is 0 Å². The second kappa shape index (κ2) is 24.8. The molecule has 0 bridgehead atoms. The normalized spacial score (nSPS) is 14.9. The molecule has 0 aromatic heterocycles. The number of ether oxygens (including phenoxy) is 3. The van der Waals surface area contributed by atoms with Crippen molar-refractivity contribution in [3.05, 3.63) is 179 Å². The smallest absolute Gasteiger partial charge is 0.410 e. The van der Waals surface area contributed by atoms with Crippen LogP contribution in [0.25, 0.3) is 0 Å². The number of unbranched alkanes of at least 4 members (excludes halogenated alkanes) is 1. The first-order chi connectivity index (χ1) is 33.6. The first kappa shape index (κ1) is 52.8. The molecule has 0 fully saturated rings. The van der Waals surface area contributed by atoms with Crippen LogP contribution in [0.15, 0.2) is 146 Å². The topological polar surface area (TPSA) is 144 Å². The van der Waals surface area contributed by atoms with Crippen LogP contribution in [0.2, 0.25) is 0 Å². The van der Waals surface area contributed by atoms with Crippen LogP contribution < -0.4 is 10.6 Å². The van der Waals surface area contributed by atoms with Gasteiger partial charge in [-0.3, -0.25) is 14.5 Å². The van der Waals surface area contributed by atoms with Crippen LogP contribution in [-0.4, -0.2) is 88.9 Å². The van der Waals surface area contributed by atoms with Gasteiger partial charge in [0.25, 0.3) is 0 Å². The van der Waals surface area contributed by atoms with Crippen LogP contribution in [0.5, 0.6) is 0 Å². The van der Waals surface area contributed by atoms with Crippen molar-refractivity contribution in [1.29, 1.82) is 0 Å². The zero-order chi connectivity index (χ0) is 50.3. The maximum atomic E-state index is 15.7. The molecule has 370 valence electrons. The quantitative estimate of drug-likeness (QED) is 0.0443. The molecule has 1 aliphatic heterocycles. The highest BCUT2D eigenvalue weighted by Gasteiger charge is 2.45. The Labute approximate surface area is 417 Å². The van der Waals surface area contributed by atoms with Crippen molar-refractivity contribution >= 4 is 41.7 Å². The summed E-state index contributed by atoms with van der Waals surface area (Å²) in [6.45, 7) is 10.9. The fourth-order valence-electron chi connectivity index (χ4n) is 8.95. The summed E-state index contributed by atoms with van der Waals surface area (Å²) < 4.78 is 16.2. The fraction of sp³-hybridized carbons (Fsp3) is 0.386. The molecular weight excluding hydrogens is 901 g/mol. The summed E-state index contributed by atoms with van der Waals surface area (Å²) in [6, 6.07) is 43.4. The van der Waals surface area contributed by atoms with Gasteiger partial charge in [-0.1, -0.05) is 179 Å². The second-order valence-corrected chi connectivity index (χ2v) is 20.2. The number of rotatable bonds is 20. The van der Waals surface area contributed by atoms with Gasteiger partial charge >= 0.3 is 18.2 Å². The summed E-state index contributed by atoms with van der Waals surface area (Å²) in [4.78, 5) is 75.1. The van der Waals surface area contributed by atoms with Crippen molar-refractivity contribution in [1.82, 2.24) is 20.4 Å². The Balaban J connectivity index is 1.44. The largest absolute Gasteiger partial charge is 0.467 e. The molecular formula is C57H68N4O8S. The van der Waals surface area contributed by atoms with E-state index < -0.39 is 70.4 Å². The molecule has 1 aliphatic rings. The summed E-state index contributed by atoms with van der Waals surface area (Å²) in [6.07, 6.45) is 0.544. The number of fused-ring (bicyclic) bond motifs is 1. The predicted molar refractivity (Wildman–Crippen MR) is 275 cm³/mol. The second-order valence-electron chi connectivity index (χ2n) is 19.0. The monoisotopic (exact) mass is 968 g/mol. The minimum absolute atomic E-state index is 0.0737. The number of carbonyl (C=O) groups is 5. The highest BCUT2D eigenvalue weighted by atomic mass is 32.2. The molecule has 4 atom stereocenters. The molecule has 0 radical (unpaired) electrons. The van der Waals surface area contributed by atoms with Crippen LogP contribution in [0.4, 0.5) is 9.59 Å². The highest BCUT2D eigenvalue weighted by molar-refractivity contribution is 8.00. The average Bonchev–Trinajstić information content (AvgIpc) is 3.36. The average molecular weight is 969 g/mol. The van der Waals surface area contributed by atoms with Crippen molar-refractivity contribution in [3.8, 4) is 0 Å². The van der Waals surface area contributed by atoms with Crippen LogP contribution >= 0.6 is 11.8 Å². The number of nitrogens with one attached hydrogen (secondary N) is 2. The van der Waals surface area contributed by atoms with E-state index in [2.05, 4.69) is 47.0 Å². The lowest BCUT2D eigenvalue weighted by Gasteiger charge is -2.42. The number of nitrogens with zero attached hydrogens (tertiary/aromatic N) is 2. The van der Waals surface area contributed by atoms with E-state index in [1.807, 2.05) is 130 Å². The third kappa shape index (κ3) is 13.6. The van der Waals surface area contributed by atoms with E-state index in [1.54, 1.807) is 32.5 Å². The van der Waals surface area contributed by atoms with Gasteiger partial charge in [0, 0.05) is 25.3 Å². The summed E-state index contributed by atoms with van der Waals surface area (Å²) in [5.41, 5.74) is 4.65. The third-order valence-corrected chi connectivity index (χ3v) is 14.0. The molecule has 0 saturated heterocycles. The Bertz CT molecular complexity index is 2390. The molecule has 0 aliphatic carbocycles. The lowest BCUT2D eigenvalue weighted by Crippen LogP contribution is -2.62. The number of hydrogen-bond donors (Lipinski definition) is 2. The zero-order valence-corrected chi connectivity index (χ0v) is 42.3. The molecule has 0 saturated carbocycles. The number of carbonyl (C=O) groups excluding carboxylic acids is 5. The molecule has 0 spiro atoms. The molecule has 5 aromatic rings. The number of thioether (sulfide) groups is 1. The molecule has 6 rings (SSSR count). The van der Waals surface area contributed by atoms with E-state index in [1.165, 1.54) is 16.9 Å². The van der Waals surface area contributed by atoms with E-state index in [9.17, 15) is 19.2 Å². The molecule has 4 amide bonds. The highest BCUT2D eigenvalue weighted by Crippen LogP contribution is 2.48. The minimum atomic E-state index is -1.18.